The molecule has 1 aromatic carbocycles. The molecule has 0 bridgehead atoms. The van der Waals surface area contributed by atoms with Crippen LogP contribution < -0.4 is 5.32 Å². The number of carbonyl (C=O) groups excluding carboxylic acids is 1. The summed E-state index contributed by atoms with van der Waals surface area (Å²) >= 11 is 0. The van der Waals surface area contributed by atoms with E-state index in [1.165, 1.54) is 0 Å². The lowest BCUT2D eigenvalue weighted by Gasteiger charge is -2.32. The van der Waals surface area contributed by atoms with Crippen LogP contribution in [-0.4, -0.2) is 51.1 Å². The lowest BCUT2D eigenvalue weighted by atomic mass is 9.93. The number of amides is 1. The third-order valence-corrected chi connectivity index (χ3v) is 4.97. The third kappa shape index (κ3) is 3.12. The first kappa shape index (κ1) is 16.5. The highest BCUT2D eigenvalue weighted by atomic mass is 16.2. The number of rotatable bonds is 4. The molecular formula is C19H22N6O. The molecule has 1 aliphatic rings. The van der Waals surface area contributed by atoms with Crippen molar-refractivity contribution in [1.29, 1.82) is 0 Å². The minimum Gasteiger partial charge on any atom is -0.372 e. The van der Waals surface area contributed by atoms with Crippen molar-refractivity contribution < 1.29 is 4.79 Å². The Kier molecular flexibility index (Phi) is 4.51. The first-order chi connectivity index (χ1) is 12.8. The number of nitrogens with one attached hydrogen (secondary N) is 2. The van der Waals surface area contributed by atoms with Gasteiger partial charge in [-0.15, -0.1) is 0 Å². The molecule has 3 heterocycles. The molecule has 26 heavy (non-hydrogen) atoms. The van der Waals surface area contributed by atoms with E-state index >= 15 is 0 Å². The van der Waals surface area contributed by atoms with Crippen molar-refractivity contribution in [3.63, 3.8) is 0 Å². The smallest absolute Gasteiger partial charge is 0.275 e. The number of aromatic amines is 1. The topological polar surface area (TPSA) is 86.8 Å². The lowest BCUT2D eigenvalue weighted by Crippen LogP contribution is -2.40. The van der Waals surface area contributed by atoms with Crippen LogP contribution in [0.15, 0.2) is 36.7 Å². The summed E-state index contributed by atoms with van der Waals surface area (Å²) in [6, 6.07) is 7.74. The van der Waals surface area contributed by atoms with E-state index in [0.29, 0.717) is 11.6 Å². The van der Waals surface area contributed by atoms with Crippen LogP contribution in [0.1, 0.15) is 29.0 Å². The number of hydrogen-bond acceptors (Lipinski definition) is 5. The van der Waals surface area contributed by atoms with Crippen LogP contribution in [0.5, 0.6) is 0 Å². The first-order valence-corrected chi connectivity index (χ1v) is 8.96. The van der Waals surface area contributed by atoms with Gasteiger partial charge in [0.15, 0.2) is 5.69 Å². The zero-order chi connectivity index (χ0) is 17.9. The molecular weight excluding hydrogens is 328 g/mol. The molecule has 0 saturated carbocycles. The molecule has 2 N–H and O–H groups in total. The number of carbonyl (C=O) groups is 1. The van der Waals surface area contributed by atoms with Gasteiger partial charge in [-0.2, -0.15) is 5.10 Å². The molecule has 4 rings (SSSR count). The molecule has 0 unspecified atom stereocenters. The van der Waals surface area contributed by atoms with E-state index in [4.69, 9.17) is 0 Å². The number of H-pyrrole nitrogens is 1. The largest absolute Gasteiger partial charge is 0.372 e. The second-order valence-electron chi connectivity index (χ2n) is 6.68. The number of likely N-dealkylation sites (tertiary alicyclic amines) is 1. The van der Waals surface area contributed by atoms with Gasteiger partial charge < -0.3 is 10.2 Å². The molecule has 0 aliphatic carbocycles. The quantitative estimate of drug-likeness (QED) is 0.755. The zero-order valence-electron chi connectivity index (χ0n) is 14.8. The molecule has 0 spiro atoms. The summed E-state index contributed by atoms with van der Waals surface area (Å²) in [5.74, 6) is 1.19. The van der Waals surface area contributed by atoms with Gasteiger partial charge in [0.05, 0.1) is 11.2 Å². The summed E-state index contributed by atoms with van der Waals surface area (Å²) in [7, 11) is 1.85. The predicted octanol–water partition coefficient (Wildman–Crippen LogP) is 2.49. The van der Waals surface area contributed by atoms with Crippen molar-refractivity contribution in [3.8, 4) is 0 Å². The number of piperidine rings is 1. The molecule has 1 amide bonds. The summed E-state index contributed by atoms with van der Waals surface area (Å²) < 4.78 is 0. The van der Waals surface area contributed by atoms with E-state index in [2.05, 4.69) is 25.5 Å². The fourth-order valence-corrected chi connectivity index (χ4v) is 3.69. The summed E-state index contributed by atoms with van der Waals surface area (Å²) in [5.41, 5.74) is 2.36. The van der Waals surface area contributed by atoms with Gasteiger partial charge in [-0.3, -0.25) is 14.9 Å². The molecule has 2 aromatic heterocycles. The second kappa shape index (κ2) is 7.11. The minimum atomic E-state index is 0.000126. The van der Waals surface area contributed by atoms with E-state index < -0.39 is 0 Å². The molecule has 1 fully saturated rings. The Morgan fingerprint density at radius 1 is 1.31 bits per heavy atom. The fourth-order valence-electron chi connectivity index (χ4n) is 3.69. The van der Waals surface area contributed by atoms with E-state index in [1.54, 1.807) is 12.4 Å². The summed E-state index contributed by atoms with van der Waals surface area (Å²) in [4.78, 5) is 23.7. The summed E-state index contributed by atoms with van der Waals surface area (Å²) in [5, 5.41) is 11.2. The number of benzene rings is 1. The number of anilines is 1. The van der Waals surface area contributed by atoms with Gasteiger partial charge in [-0.05, 0) is 31.2 Å². The molecule has 1 atom stereocenters. The zero-order valence-corrected chi connectivity index (χ0v) is 14.8. The van der Waals surface area contributed by atoms with Crippen LogP contribution in [-0.2, 0) is 6.42 Å². The maximum atomic E-state index is 13.0. The first-order valence-electron chi connectivity index (χ1n) is 8.96. The number of aromatic nitrogens is 4. The standard InChI is InChI=1S/C19H22N6O/c1-20-18-16(21-8-9-22-18)11-13-5-4-10-25(12-13)19(26)17-14-6-2-3-7-15(14)23-24-17/h2-3,6-9,13H,4-5,10-12H2,1H3,(H,20,22)(H,23,24)/t13-/m1/s1. The van der Waals surface area contributed by atoms with Crippen molar-refractivity contribution >= 4 is 22.6 Å². The maximum Gasteiger partial charge on any atom is 0.275 e. The van der Waals surface area contributed by atoms with Gasteiger partial charge in [0.25, 0.3) is 5.91 Å². The number of hydrogen-bond donors (Lipinski definition) is 2. The van der Waals surface area contributed by atoms with Gasteiger partial charge in [-0.1, -0.05) is 18.2 Å². The number of fused-ring (bicyclic) bond motifs is 1. The van der Waals surface area contributed by atoms with Crippen LogP contribution in [0.25, 0.3) is 10.9 Å². The summed E-state index contributed by atoms with van der Waals surface area (Å²) in [6.07, 6.45) is 6.31. The fraction of sp³-hybridized carbons (Fsp3) is 0.368. The van der Waals surface area contributed by atoms with Crippen molar-refractivity contribution in [1.82, 2.24) is 25.1 Å². The van der Waals surface area contributed by atoms with Gasteiger partial charge in [0.2, 0.25) is 0 Å². The molecule has 1 aliphatic heterocycles. The molecule has 7 nitrogen and oxygen atoms in total. The van der Waals surface area contributed by atoms with Crippen molar-refractivity contribution in [2.75, 3.05) is 25.5 Å². The normalized spacial score (nSPS) is 17.4. The monoisotopic (exact) mass is 350 g/mol. The summed E-state index contributed by atoms with van der Waals surface area (Å²) in [6.45, 7) is 1.50. The van der Waals surface area contributed by atoms with Crippen LogP contribution in [0.3, 0.4) is 0 Å². The average molecular weight is 350 g/mol. The van der Waals surface area contributed by atoms with Crippen molar-refractivity contribution in [3.05, 3.63) is 48.0 Å². The molecule has 7 heteroatoms. The highest BCUT2D eigenvalue weighted by Crippen LogP contribution is 2.25. The maximum absolute atomic E-state index is 13.0. The Morgan fingerprint density at radius 2 is 2.15 bits per heavy atom. The molecule has 3 aromatic rings. The highest BCUT2D eigenvalue weighted by Gasteiger charge is 2.27. The van der Waals surface area contributed by atoms with Crippen LogP contribution >= 0.6 is 0 Å². The number of para-hydroxylation sites is 1. The molecule has 0 radical (unpaired) electrons. The Bertz CT molecular complexity index is 921. The van der Waals surface area contributed by atoms with Crippen molar-refractivity contribution in [2.45, 2.75) is 19.3 Å². The Labute approximate surface area is 151 Å². The average Bonchev–Trinajstić information content (AvgIpc) is 3.12. The van der Waals surface area contributed by atoms with Crippen LogP contribution in [0.4, 0.5) is 5.82 Å². The van der Waals surface area contributed by atoms with E-state index in [-0.39, 0.29) is 5.91 Å². The minimum absolute atomic E-state index is 0.000126. The van der Waals surface area contributed by atoms with E-state index in [0.717, 1.165) is 54.8 Å². The highest BCUT2D eigenvalue weighted by molar-refractivity contribution is 6.04. The molecule has 1 saturated heterocycles. The van der Waals surface area contributed by atoms with Crippen LogP contribution in [0, 0.1) is 5.92 Å². The molecule has 134 valence electrons. The van der Waals surface area contributed by atoms with Gasteiger partial charge in [0, 0.05) is 37.9 Å². The van der Waals surface area contributed by atoms with Crippen molar-refractivity contribution in [2.24, 2.45) is 5.92 Å². The Balaban J connectivity index is 1.50. The van der Waals surface area contributed by atoms with Crippen LogP contribution in [0.2, 0.25) is 0 Å². The predicted molar refractivity (Wildman–Crippen MR) is 100 cm³/mol. The van der Waals surface area contributed by atoms with Gasteiger partial charge >= 0.3 is 0 Å². The lowest BCUT2D eigenvalue weighted by molar-refractivity contribution is 0.0669. The van der Waals surface area contributed by atoms with E-state index in [1.807, 2.05) is 36.2 Å². The third-order valence-electron chi connectivity index (χ3n) is 4.97. The SMILES string of the molecule is CNc1nccnc1C[C@H]1CCCN(C(=O)c2n[nH]c3ccccc23)C1. The second-order valence-corrected chi connectivity index (χ2v) is 6.68. The Morgan fingerprint density at radius 3 is 3.04 bits per heavy atom. The Hall–Kier alpha value is -2.96. The van der Waals surface area contributed by atoms with E-state index in [9.17, 15) is 4.79 Å². The van der Waals surface area contributed by atoms with Gasteiger partial charge in [0.1, 0.15) is 5.82 Å². The van der Waals surface area contributed by atoms with Gasteiger partial charge in [-0.25, -0.2) is 4.98 Å². The number of nitrogens with zero attached hydrogens (tertiary/aromatic N) is 4.